The van der Waals surface area contributed by atoms with Crippen LogP contribution in [0.1, 0.15) is 10.6 Å². The van der Waals surface area contributed by atoms with Gasteiger partial charge in [-0.1, -0.05) is 11.6 Å². The summed E-state index contributed by atoms with van der Waals surface area (Å²) in [7, 11) is 0. The van der Waals surface area contributed by atoms with Crippen molar-refractivity contribution in [3.8, 4) is 28.5 Å². The Morgan fingerprint density at radius 1 is 0.971 bits per heavy atom. The minimum Gasteiger partial charge on any atom is -0.507 e. The molecule has 0 aliphatic carbocycles. The van der Waals surface area contributed by atoms with Crippen LogP contribution in [0.3, 0.4) is 0 Å². The van der Waals surface area contributed by atoms with Gasteiger partial charge in [0.05, 0.1) is 4.47 Å². The van der Waals surface area contributed by atoms with Gasteiger partial charge < -0.3 is 19.3 Å². The monoisotopic (exact) mass is 567 g/mol. The average molecular weight is 569 g/mol. The van der Waals surface area contributed by atoms with Gasteiger partial charge in [-0.15, -0.1) is 0 Å². The van der Waals surface area contributed by atoms with Crippen molar-refractivity contribution in [2.45, 2.75) is 0 Å². The Hall–Kier alpha value is -3.66. The molecular weight excluding hydrogens is 554 g/mol. The molecule has 2 aromatic heterocycles. The molecule has 2 heterocycles. The second kappa shape index (κ2) is 9.53. The number of carbonyl (C=O) groups is 1. The zero-order chi connectivity index (χ0) is 24.5. The van der Waals surface area contributed by atoms with E-state index in [1.807, 2.05) is 0 Å². The molecule has 3 aromatic carbocycles. The van der Waals surface area contributed by atoms with Gasteiger partial charge in [0.15, 0.2) is 16.5 Å². The van der Waals surface area contributed by atoms with E-state index in [4.69, 9.17) is 32.7 Å². The van der Waals surface area contributed by atoms with Crippen molar-refractivity contribution in [1.82, 2.24) is 10.3 Å². The molecule has 0 spiro atoms. The largest absolute Gasteiger partial charge is 0.507 e. The lowest BCUT2D eigenvalue weighted by molar-refractivity contribution is 0.0951. The number of rotatable bonds is 4. The maximum atomic E-state index is 12.6. The van der Waals surface area contributed by atoms with Crippen LogP contribution < -0.4 is 10.6 Å². The third-order valence-electron chi connectivity index (χ3n) is 5.03. The van der Waals surface area contributed by atoms with Crippen LogP contribution in [0.5, 0.6) is 5.75 Å². The van der Waals surface area contributed by atoms with Gasteiger partial charge in [0.1, 0.15) is 17.0 Å². The number of oxazole rings is 1. The lowest BCUT2D eigenvalue weighted by Crippen LogP contribution is -2.33. The number of phenols is 1. The van der Waals surface area contributed by atoms with E-state index < -0.39 is 5.91 Å². The van der Waals surface area contributed by atoms with Crippen LogP contribution in [-0.2, 0) is 0 Å². The molecule has 0 atom stereocenters. The molecule has 3 N–H and O–H groups in total. The van der Waals surface area contributed by atoms with Crippen molar-refractivity contribution in [3.63, 3.8) is 0 Å². The maximum Gasteiger partial charge on any atom is 0.293 e. The predicted octanol–water partition coefficient (Wildman–Crippen LogP) is 7.00. The fourth-order valence-electron chi connectivity index (χ4n) is 3.32. The maximum absolute atomic E-state index is 12.6. The van der Waals surface area contributed by atoms with Crippen LogP contribution in [0.4, 0.5) is 5.69 Å². The first-order valence-electron chi connectivity index (χ1n) is 10.2. The summed E-state index contributed by atoms with van der Waals surface area (Å²) in [4.78, 5) is 17.1. The van der Waals surface area contributed by atoms with Gasteiger partial charge in [-0.2, -0.15) is 0 Å². The van der Waals surface area contributed by atoms with Crippen LogP contribution in [0.25, 0.3) is 33.9 Å². The summed E-state index contributed by atoms with van der Waals surface area (Å²) in [6.07, 6.45) is 0. The second-order valence-electron chi connectivity index (χ2n) is 7.45. The number of thiocarbonyl (C=S) groups is 1. The van der Waals surface area contributed by atoms with Gasteiger partial charge in [0.25, 0.3) is 5.91 Å². The fourth-order valence-corrected chi connectivity index (χ4v) is 4.04. The highest BCUT2D eigenvalue weighted by Gasteiger charge is 2.15. The number of halogens is 2. The Balaban J connectivity index is 1.26. The minimum atomic E-state index is -0.481. The fraction of sp³-hybridized carbons (Fsp3) is 0. The lowest BCUT2D eigenvalue weighted by Gasteiger charge is -2.08. The molecule has 35 heavy (non-hydrogen) atoms. The molecule has 0 saturated heterocycles. The summed E-state index contributed by atoms with van der Waals surface area (Å²) in [5.74, 6) is 0.713. The summed E-state index contributed by atoms with van der Waals surface area (Å²) in [5, 5.41) is 16.0. The first-order chi connectivity index (χ1) is 16.9. The van der Waals surface area contributed by atoms with Crippen molar-refractivity contribution >= 4 is 67.6 Å². The number of hydrogen-bond acceptors (Lipinski definition) is 6. The van der Waals surface area contributed by atoms with E-state index in [0.29, 0.717) is 43.5 Å². The standard InChI is InChI=1S/C25H15BrClN3O4S/c26-17-11-14(3-7-19(17)31)24-29-18-12-16(6-8-21(18)34-24)28-25(35)30-23(32)22-10-9-20(33-22)13-1-4-15(27)5-2-13/h1-12,31H,(H2,28,30,32,35). The highest BCUT2D eigenvalue weighted by molar-refractivity contribution is 9.10. The summed E-state index contributed by atoms with van der Waals surface area (Å²) >= 11 is 14.5. The molecule has 10 heteroatoms. The van der Waals surface area contributed by atoms with E-state index in [1.165, 1.54) is 0 Å². The molecule has 0 radical (unpaired) electrons. The summed E-state index contributed by atoms with van der Waals surface area (Å²) in [6, 6.07) is 20.6. The van der Waals surface area contributed by atoms with Crippen molar-refractivity contribution < 1.29 is 18.7 Å². The third kappa shape index (κ3) is 5.07. The summed E-state index contributed by atoms with van der Waals surface area (Å²) in [5.41, 5.74) is 3.31. The molecule has 0 unspecified atom stereocenters. The van der Waals surface area contributed by atoms with Crippen molar-refractivity contribution in [2.24, 2.45) is 0 Å². The predicted molar refractivity (Wildman–Crippen MR) is 142 cm³/mol. The summed E-state index contributed by atoms with van der Waals surface area (Å²) < 4.78 is 12.0. The minimum absolute atomic E-state index is 0.102. The molecule has 0 aliphatic rings. The topological polar surface area (TPSA) is 101 Å². The number of carbonyl (C=O) groups excluding carboxylic acids is 1. The Labute approximate surface area is 217 Å². The SMILES string of the molecule is O=C(NC(=S)Nc1ccc2oc(-c3ccc(O)c(Br)c3)nc2c1)c1ccc(-c2ccc(Cl)cc2)o1. The van der Waals surface area contributed by atoms with Crippen molar-refractivity contribution in [2.75, 3.05) is 5.32 Å². The van der Waals surface area contributed by atoms with Gasteiger partial charge in [-0.3, -0.25) is 10.1 Å². The number of nitrogens with one attached hydrogen (secondary N) is 2. The van der Waals surface area contributed by atoms with Crippen LogP contribution in [0, 0.1) is 0 Å². The zero-order valence-electron chi connectivity index (χ0n) is 17.7. The number of nitrogens with zero attached hydrogens (tertiary/aromatic N) is 1. The number of anilines is 1. The van der Waals surface area contributed by atoms with Crippen LogP contribution in [0.2, 0.25) is 5.02 Å². The molecule has 174 valence electrons. The number of benzene rings is 3. The number of aromatic nitrogens is 1. The number of aromatic hydroxyl groups is 1. The van der Waals surface area contributed by atoms with Gasteiger partial charge >= 0.3 is 0 Å². The molecule has 0 saturated carbocycles. The smallest absolute Gasteiger partial charge is 0.293 e. The molecule has 5 rings (SSSR count). The van der Waals surface area contributed by atoms with Gasteiger partial charge in [-0.05, 0) is 101 Å². The number of phenolic OH excluding ortho intramolecular Hbond substituents is 1. The van der Waals surface area contributed by atoms with E-state index in [1.54, 1.807) is 72.8 Å². The Morgan fingerprint density at radius 2 is 1.74 bits per heavy atom. The van der Waals surface area contributed by atoms with Crippen LogP contribution in [-0.4, -0.2) is 21.1 Å². The number of fused-ring (bicyclic) bond motifs is 1. The Bertz CT molecular complexity index is 1580. The first-order valence-corrected chi connectivity index (χ1v) is 11.8. The van der Waals surface area contributed by atoms with E-state index in [2.05, 4.69) is 31.5 Å². The van der Waals surface area contributed by atoms with Crippen molar-refractivity contribution in [1.29, 1.82) is 0 Å². The zero-order valence-corrected chi connectivity index (χ0v) is 20.9. The Morgan fingerprint density at radius 3 is 2.51 bits per heavy atom. The molecule has 5 aromatic rings. The van der Waals surface area contributed by atoms with E-state index >= 15 is 0 Å². The summed E-state index contributed by atoms with van der Waals surface area (Å²) in [6.45, 7) is 0. The molecular formula is C25H15BrClN3O4S. The third-order valence-corrected chi connectivity index (χ3v) is 6.12. The van der Waals surface area contributed by atoms with E-state index in [0.717, 1.165) is 5.56 Å². The van der Waals surface area contributed by atoms with Crippen molar-refractivity contribution in [3.05, 3.63) is 88.1 Å². The normalized spacial score (nSPS) is 10.9. The quantitative estimate of drug-likeness (QED) is 0.201. The number of amides is 1. The van der Waals surface area contributed by atoms with Crippen LogP contribution >= 0.6 is 39.7 Å². The van der Waals surface area contributed by atoms with E-state index in [-0.39, 0.29) is 16.6 Å². The first kappa shape index (κ1) is 23.1. The van der Waals surface area contributed by atoms with Gasteiger partial charge in [0.2, 0.25) is 5.89 Å². The van der Waals surface area contributed by atoms with Crippen LogP contribution in [0.15, 0.2) is 86.1 Å². The molecule has 1 amide bonds. The Kier molecular flexibility index (Phi) is 6.29. The number of furan rings is 1. The highest BCUT2D eigenvalue weighted by Crippen LogP contribution is 2.31. The van der Waals surface area contributed by atoms with Gasteiger partial charge in [0, 0.05) is 21.8 Å². The molecule has 7 nitrogen and oxygen atoms in total. The number of hydrogen-bond donors (Lipinski definition) is 3. The molecule has 0 fully saturated rings. The van der Waals surface area contributed by atoms with E-state index in [9.17, 15) is 9.90 Å². The lowest BCUT2D eigenvalue weighted by atomic mass is 10.2. The highest BCUT2D eigenvalue weighted by atomic mass is 79.9. The average Bonchev–Trinajstić information content (AvgIpc) is 3.49. The molecule has 0 aliphatic heterocycles. The van der Waals surface area contributed by atoms with Gasteiger partial charge in [-0.25, -0.2) is 4.98 Å². The molecule has 0 bridgehead atoms. The second-order valence-corrected chi connectivity index (χ2v) is 9.15.